The lowest BCUT2D eigenvalue weighted by Crippen LogP contribution is -2.36. The third-order valence-electron chi connectivity index (χ3n) is 2.70. The van der Waals surface area contributed by atoms with E-state index >= 15 is 0 Å². The fraction of sp³-hybridized carbons (Fsp3) is 0.429. The first-order valence-electron chi connectivity index (χ1n) is 6.39. The number of benzene rings is 1. The lowest BCUT2D eigenvalue weighted by Gasteiger charge is -2.10. The van der Waals surface area contributed by atoms with E-state index in [1.807, 2.05) is 19.1 Å². The molecule has 1 unspecified atom stereocenters. The number of aliphatic hydroxyl groups is 1. The molecule has 5 nitrogen and oxygen atoms in total. The zero-order valence-electron chi connectivity index (χ0n) is 11.3. The summed E-state index contributed by atoms with van der Waals surface area (Å²) >= 11 is 0. The Hall–Kier alpha value is -1.88. The van der Waals surface area contributed by atoms with Gasteiger partial charge < -0.3 is 15.7 Å². The number of aliphatic hydroxyl groups excluding tert-OH is 1. The Kier molecular flexibility index (Phi) is 6.02. The molecule has 2 amide bonds. The number of carbonyl (C=O) groups excluding carboxylic acids is 2. The molecule has 3 N–H and O–H groups in total. The molecule has 1 atom stereocenters. The first-order valence-corrected chi connectivity index (χ1v) is 6.39. The summed E-state index contributed by atoms with van der Waals surface area (Å²) in [5.41, 5.74) is 1.63. The number of hydrogen-bond acceptors (Lipinski definition) is 3. The Bertz CT molecular complexity index is 444. The van der Waals surface area contributed by atoms with E-state index in [-0.39, 0.29) is 6.54 Å². The largest absolute Gasteiger partial charge is 0.393 e. The van der Waals surface area contributed by atoms with Gasteiger partial charge in [-0.1, -0.05) is 25.1 Å². The third-order valence-corrected chi connectivity index (χ3v) is 2.70. The zero-order valence-corrected chi connectivity index (χ0v) is 11.3. The summed E-state index contributed by atoms with van der Waals surface area (Å²) < 4.78 is 0. The Morgan fingerprint density at radius 2 is 1.95 bits per heavy atom. The van der Waals surface area contributed by atoms with Crippen molar-refractivity contribution < 1.29 is 14.7 Å². The Labute approximate surface area is 113 Å². The number of rotatable bonds is 5. The zero-order chi connectivity index (χ0) is 14.3. The minimum Gasteiger partial charge on any atom is -0.393 e. The number of amides is 2. The van der Waals surface area contributed by atoms with Crippen molar-refractivity contribution in [1.82, 2.24) is 5.32 Å². The van der Waals surface area contributed by atoms with E-state index in [1.165, 1.54) is 0 Å². The first kappa shape index (κ1) is 15.2. The van der Waals surface area contributed by atoms with E-state index in [0.29, 0.717) is 12.1 Å². The summed E-state index contributed by atoms with van der Waals surface area (Å²) in [6, 6.07) is 7.36. The Morgan fingerprint density at radius 1 is 1.26 bits per heavy atom. The van der Waals surface area contributed by atoms with Crippen molar-refractivity contribution in [1.29, 1.82) is 0 Å². The molecule has 0 bridgehead atoms. The molecule has 0 saturated heterocycles. The minimum atomic E-state index is -0.688. The molecular formula is C14H20N2O3. The van der Waals surface area contributed by atoms with Crippen LogP contribution in [0.3, 0.4) is 0 Å². The number of anilines is 1. The molecule has 19 heavy (non-hydrogen) atoms. The van der Waals surface area contributed by atoms with Crippen LogP contribution in [-0.4, -0.2) is 29.6 Å². The highest BCUT2D eigenvalue weighted by molar-refractivity contribution is 6.39. The molecule has 0 saturated carbocycles. The molecule has 0 aliphatic rings. The summed E-state index contributed by atoms with van der Waals surface area (Å²) in [7, 11) is 0. The average Bonchev–Trinajstić information content (AvgIpc) is 2.38. The van der Waals surface area contributed by atoms with Crippen LogP contribution in [0.4, 0.5) is 5.69 Å². The SMILES string of the molecule is CCc1ccccc1NC(=O)C(=O)NCCC(C)O. The summed E-state index contributed by atoms with van der Waals surface area (Å²) in [6.45, 7) is 3.89. The molecule has 5 heteroatoms. The van der Waals surface area contributed by atoms with Gasteiger partial charge in [0.1, 0.15) is 0 Å². The van der Waals surface area contributed by atoms with Crippen LogP contribution in [0, 0.1) is 0 Å². The quantitative estimate of drug-likeness (QED) is 0.696. The number of aryl methyl sites for hydroxylation is 1. The second-order valence-electron chi connectivity index (χ2n) is 4.36. The topological polar surface area (TPSA) is 78.4 Å². The van der Waals surface area contributed by atoms with Crippen LogP contribution in [0.5, 0.6) is 0 Å². The van der Waals surface area contributed by atoms with E-state index < -0.39 is 17.9 Å². The molecule has 1 aromatic rings. The predicted molar refractivity (Wildman–Crippen MR) is 73.8 cm³/mol. The van der Waals surface area contributed by atoms with Gasteiger partial charge in [-0.25, -0.2) is 0 Å². The molecule has 0 aliphatic heterocycles. The maximum Gasteiger partial charge on any atom is 0.313 e. The fourth-order valence-corrected chi connectivity index (χ4v) is 1.60. The van der Waals surface area contributed by atoms with Crippen molar-refractivity contribution in [3.8, 4) is 0 Å². The molecule has 0 radical (unpaired) electrons. The molecule has 0 spiro atoms. The smallest absolute Gasteiger partial charge is 0.313 e. The lowest BCUT2D eigenvalue weighted by atomic mass is 10.1. The van der Waals surface area contributed by atoms with Gasteiger partial charge in [-0.3, -0.25) is 9.59 Å². The van der Waals surface area contributed by atoms with E-state index in [1.54, 1.807) is 19.1 Å². The standard InChI is InChI=1S/C14H20N2O3/c1-3-11-6-4-5-7-12(11)16-14(19)13(18)15-9-8-10(2)17/h4-7,10,17H,3,8-9H2,1-2H3,(H,15,18)(H,16,19). The molecule has 0 fully saturated rings. The molecule has 104 valence electrons. The van der Waals surface area contributed by atoms with Crippen molar-refractivity contribution >= 4 is 17.5 Å². The van der Waals surface area contributed by atoms with Gasteiger partial charge in [0.2, 0.25) is 0 Å². The predicted octanol–water partition coefficient (Wildman–Crippen LogP) is 1.07. The van der Waals surface area contributed by atoms with E-state index in [2.05, 4.69) is 10.6 Å². The van der Waals surface area contributed by atoms with Crippen LogP contribution >= 0.6 is 0 Å². The van der Waals surface area contributed by atoms with Crippen LogP contribution < -0.4 is 10.6 Å². The normalized spacial score (nSPS) is 11.7. The van der Waals surface area contributed by atoms with E-state index in [4.69, 9.17) is 5.11 Å². The van der Waals surface area contributed by atoms with Crippen molar-refractivity contribution in [3.05, 3.63) is 29.8 Å². The monoisotopic (exact) mass is 264 g/mol. The number of hydrogen-bond donors (Lipinski definition) is 3. The van der Waals surface area contributed by atoms with Gasteiger partial charge in [0, 0.05) is 12.2 Å². The number of para-hydroxylation sites is 1. The van der Waals surface area contributed by atoms with Gasteiger partial charge in [-0.15, -0.1) is 0 Å². The highest BCUT2D eigenvalue weighted by Gasteiger charge is 2.14. The second-order valence-corrected chi connectivity index (χ2v) is 4.36. The number of carbonyl (C=O) groups is 2. The van der Waals surface area contributed by atoms with E-state index in [9.17, 15) is 9.59 Å². The molecule has 1 aromatic carbocycles. The molecule has 0 aromatic heterocycles. The van der Waals surface area contributed by atoms with Crippen LogP contribution in [0.2, 0.25) is 0 Å². The van der Waals surface area contributed by atoms with Crippen molar-refractivity contribution in [3.63, 3.8) is 0 Å². The van der Waals surface area contributed by atoms with Gasteiger partial charge in [0.15, 0.2) is 0 Å². The Morgan fingerprint density at radius 3 is 2.58 bits per heavy atom. The average molecular weight is 264 g/mol. The van der Waals surface area contributed by atoms with E-state index in [0.717, 1.165) is 12.0 Å². The van der Waals surface area contributed by atoms with Gasteiger partial charge >= 0.3 is 11.8 Å². The Balaban J connectivity index is 2.52. The highest BCUT2D eigenvalue weighted by Crippen LogP contribution is 2.14. The van der Waals surface area contributed by atoms with Crippen molar-refractivity contribution in [2.75, 3.05) is 11.9 Å². The van der Waals surface area contributed by atoms with Gasteiger partial charge in [-0.2, -0.15) is 0 Å². The molecule has 0 aliphatic carbocycles. The second kappa shape index (κ2) is 7.53. The lowest BCUT2D eigenvalue weighted by molar-refractivity contribution is -0.136. The highest BCUT2D eigenvalue weighted by atomic mass is 16.3. The van der Waals surface area contributed by atoms with Crippen LogP contribution in [0.1, 0.15) is 25.8 Å². The van der Waals surface area contributed by atoms with Crippen LogP contribution in [0.15, 0.2) is 24.3 Å². The number of nitrogens with one attached hydrogen (secondary N) is 2. The molecular weight excluding hydrogens is 244 g/mol. The summed E-state index contributed by atoms with van der Waals surface area (Å²) in [5.74, 6) is -1.38. The maximum atomic E-state index is 11.7. The minimum absolute atomic E-state index is 0.277. The summed E-state index contributed by atoms with van der Waals surface area (Å²) in [4.78, 5) is 23.2. The molecule has 0 heterocycles. The summed E-state index contributed by atoms with van der Waals surface area (Å²) in [5, 5.41) is 14.1. The van der Waals surface area contributed by atoms with Crippen LogP contribution in [0.25, 0.3) is 0 Å². The van der Waals surface area contributed by atoms with Gasteiger partial charge in [-0.05, 0) is 31.4 Å². The fourth-order valence-electron chi connectivity index (χ4n) is 1.60. The third kappa shape index (κ3) is 5.09. The molecule has 1 rings (SSSR count). The van der Waals surface area contributed by atoms with Gasteiger partial charge in [0.05, 0.1) is 6.10 Å². The summed E-state index contributed by atoms with van der Waals surface area (Å²) in [6.07, 6.45) is 0.703. The first-order chi connectivity index (χ1) is 9.04. The van der Waals surface area contributed by atoms with Crippen molar-refractivity contribution in [2.45, 2.75) is 32.8 Å². The maximum absolute atomic E-state index is 11.7. The van der Waals surface area contributed by atoms with Gasteiger partial charge in [0.25, 0.3) is 0 Å². The van der Waals surface area contributed by atoms with Crippen molar-refractivity contribution in [2.24, 2.45) is 0 Å². The van der Waals surface area contributed by atoms with Crippen LogP contribution in [-0.2, 0) is 16.0 Å².